The first-order chi connectivity index (χ1) is 26.3. The zero-order chi connectivity index (χ0) is 41.1. The van der Waals surface area contributed by atoms with Gasteiger partial charge in [0, 0.05) is 39.5 Å². The predicted octanol–water partition coefficient (Wildman–Crippen LogP) is 4.31. The largest absolute Gasteiger partial charge is 0.459 e. The fourth-order valence-electron chi connectivity index (χ4n) is 10.2. The Bertz CT molecular complexity index is 1930. The van der Waals surface area contributed by atoms with Gasteiger partial charge < -0.3 is 38.3 Å². The van der Waals surface area contributed by atoms with Crippen LogP contribution in [0.2, 0.25) is 0 Å². The lowest BCUT2D eigenvalue weighted by atomic mass is 9.52. The lowest BCUT2D eigenvalue weighted by Gasteiger charge is -2.62. The molecule has 5 aliphatic rings. The fourth-order valence-corrected chi connectivity index (χ4v) is 10.2. The molecule has 14 heteroatoms. The maximum atomic E-state index is 14.1. The second-order valence-corrected chi connectivity index (χ2v) is 15.7. The van der Waals surface area contributed by atoms with Crippen molar-refractivity contribution in [3.63, 3.8) is 0 Å². The van der Waals surface area contributed by atoms with Gasteiger partial charge in [0.2, 0.25) is 5.60 Å². The topological polar surface area (TPSA) is 187 Å². The van der Waals surface area contributed by atoms with Crippen molar-refractivity contribution in [1.82, 2.24) is 0 Å². The molecule has 3 aliphatic carbocycles. The van der Waals surface area contributed by atoms with Gasteiger partial charge in [0.1, 0.15) is 17.8 Å². The number of carbonyl (C=O) groups is 6. The molecule has 2 aliphatic heterocycles. The first-order valence-corrected chi connectivity index (χ1v) is 18.6. The minimum Gasteiger partial charge on any atom is -0.459 e. The standard InChI is InChI=1S/C42H48O14/c1-21(2)41(55-37(48)29-18-14-11-15-19-29)33(50-24(5)43)23(4)40(49)30-20-22(3)32(54-36(47)28-16-12-10-13-17-28)42(30)38(53-27(8)46)39(9,56-42)34(51-25(6)44)31(40)35(41)52-26(7)45/h10-19,22-23,30-35,38,49H,1,20H2,2-9H3/t22-,23+,30-,31-,32-,33-,34-,35+,38+,39+,40-,41-,42+/m0/s1. The van der Waals surface area contributed by atoms with Crippen molar-refractivity contribution in [3.05, 3.63) is 83.9 Å². The molecule has 0 radical (unpaired) electrons. The van der Waals surface area contributed by atoms with Gasteiger partial charge in [-0.15, -0.1) is 0 Å². The molecule has 1 N–H and O–H groups in total. The molecule has 2 heterocycles. The SMILES string of the molecule is C=C(C)[C@@]1(OC(=O)c2ccccc2)[C@H](OC(C)=O)[C@@H]2[C@H](OC(C)=O)[C@@]3(C)O[C@@]4([C@@H]3OC(C)=O)[C@@H](OC(=O)c3ccccc3)[C@@H](C)C[C@H]4[C@@]2(O)[C@H](C)[C@@H]1OC(C)=O. The molecule has 0 amide bonds. The highest BCUT2D eigenvalue weighted by molar-refractivity contribution is 5.90. The van der Waals surface area contributed by atoms with Crippen LogP contribution in [0.4, 0.5) is 0 Å². The van der Waals surface area contributed by atoms with Crippen molar-refractivity contribution in [2.75, 3.05) is 0 Å². The smallest absolute Gasteiger partial charge is 0.339 e. The van der Waals surface area contributed by atoms with Crippen molar-refractivity contribution in [2.45, 2.75) is 115 Å². The third kappa shape index (κ3) is 6.08. The molecule has 1 spiro atoms. The maximum absolute atomic E-state index is 14.1. The van der Waals surface area contributed by atoms with Crippen molar-refractivity contribution in [2.24, 2.45) is 23.7 Å². The molecule has 14 nitrogen and oxygen atoms in total. The summed E-state index contributed by atoms with van der Waals surface area (Å²) < 4.78 is 43.9. The highest BCUT2D eigenvalue weighted by atomic mass is 16.7. The molecule has 2 aromatic rings. The monoisotopic (exact) mass is 776 g/mol. The highest BCUT2D eigenvalue weighted by Gasteiger charge is 2.89. The van der Waals surface area contributed by atoms with E-state index in [9.17, 15) is 33.9 Å². The predicted molar refractivity (Wildman–Crippen MR) is 194 cm³/mol. The summed E-state index contributed by atoms with van der Waals surface area (Å²) in [6, 6.07) is 16.2. The van der Waals surface area contributed by atoms with Crippen LogP contribution in [0.5, 0.6) is 0 Å². The summed E-state index contributed by atoms with van der Waals surface area (Å²) >= 11 is 0. The summed E-state index contributed by atoms with van der Waals surface area (Å²) in [5.41, 5.74) is -7.66. The Kier molecular flexibility index (Phi) is 10.5. The summed E-state index contributed by atoms with van der Waals surface area (Å²) in [6.45, 7) is 15.1. The van der Waals surface area contributed by atoms with Gasteiger partial charge in [-0.1, -0.05) is 56.8 Å². The van der Waals surface area contributed by atoms with Gasteiger partial charge >= 0.3 is 35.8 Å². The van der Waals surface area contributed by atoms with Gasteiger partial charge in [0.15, 0.2) is 23.9 Å². The molecule has 2 aromatic carbocycles. The number of ether oxygens (including phenoxy) is 7. The Morgan fingerprint density at radius 2 is 1.16 bits per heavy atom. The van der Waals surface area contributed by atoms with E-state index in [0.29, 0.717) is 0 Å². The molecule has 0 aromatic heterocycles. The molecule has 0 unspecified atom stereocenters. The summed E-state index contributed by atoms with van der Waals surface area (Å²) in [5.74, 6) is -9.43. The van der Waals surface area contributed by atoms with Crippen molar-refractivity contribution in [3.8, 4) is 0 Å². The van der Waals surface area contributed by atoms with Crippen molar-refractivity contribution >= 4 is 35.8 Å². The van der Waals surface area contributed by atoms with Gasteiger partial charge in [-0.2, -0.15) is 0 Å². The minimum atomic E-state index is -2.24. The van der Waals surface area contributed by atoms with Gasteiger partial charge in [-0.25, -0.2) is 9.59 Å². The van der Waals surface area contributed by atoms with Crippen LogP contribution in [-0.4, -0.2) is 93.8 Å². The maximum Gasteiger partial charge on any atom is 0.339 e. The van der Waals surface area contributed by atoms with E-state index in [2.05, 4.69) is 6.58 Å². The normalized spacial score (nSPS) is 37.8. The zero-order valence-corrected chi connectivity index (χ0v) is 32.6. The van der Waals surface area contributed by atoms with Crippen molar-refractivity contribution in [1.29, 1.82) is 0 Å². The summed E-state index contributed by atoms with van der Waals surface area (Å²) in [4.78, 5) is 80.4. The van der Waals surface area contributed by atoms with Gasteiger partial charge in [-0.3, -0.25) is 19.2 Å². The summed E-state index contributed by atoms with van der Waals surface area (Å²) in [7, 11) is 0. The average Bonchev–Trinajstić information content (AvgIpc) is 3.37. The van der Waals surface area contributed by atoms with E-state index < -0.39 is 112 Å². The number of carbonyl (C=O) groups excluding carboxylic acids is 6. The average molecular weight is 777 g/mol. The molecule has 13 atom stereocenters. The Morgan fingerprint density at radius 1 is 0.679 bits per heavy atom. The first-order valence-electron chi connectivity index (χ1n) is 18.6. The number of hydrogen-bond acceptors (Lipinski definition) is 14. The van der Waals surface area contributed by atoms with E-state index >= 15 is 0 Å². The highest BCUT2D eigenvalue weighted by Crippen LogP contribution is 2.71. The van der Waals surface area contributed by atoms with Crippen LogP contribution in [0.1, 0.15) is 82.5 Å². The second kappa shape index (κ2) is 14.5. The third-order valence-electron chi connectivity index (χ3n) is 12.1. The fraction of sp³-hybridized carbons (Fsp3) is 0.524. The van der Waals surface area contributed by atoms with E-state index in [1.54, 1.807) is 62.4 Å². The van der Waals surface area contributed by atoms with E-state index in [-0.39, 0.29) is 23.1 Å². The van der Waals surface area contributed by atoms with Crippen LogP contribution in [0, 0.1) is 23.7 Å². The van der Waals surface area contributed by atoms with Crippen LogP contribution >= 0.6 is 0 Å². The lowest BCUT2D eigenvalue weighted by molar-refractivity contribution is -0.390. The van der Waals surface area contributed by atoms with Gasteiger partial charge in [0.05, 0.1) is 22.6 Å². The molecular formula is C42H48O14. The van der Waals surface area contributed by atoms with Crippen LogP contribution in [0.3, 0.4) is 0 Å². The number of esters is 6. The van der Waals surface area contributed by atoms with Gasteiger partial charge in [0.25, 0.3) is 0 Å². The van der Waals surface area contributed by atoms with Crippen molar-refractivity contribution < 1.29 is 67.0 Å². The number of hydrogen-bond donors (Lipinski definition) is 1. The molecule has 56 heavy (non-hydrogen) atoms. The minimum absolute atomic E-state index is 0.0637. The lowest BCUT2D eigenvalue weighted by Crippen LogP contribution is -2.80. The molecule has 300 valence electrons. The summed E-state index contributed by atoms with van der Waals surface area (Å²) in [5, 5.41) is 13.9. The van der Waals surface area contributed by atoms with Gasteiger partial charge in [-0.05, 0) is 56.0 Å². The number of rotatable bonds is 9. The van der Waals surface area contributed by atoms with Crippen LogP contribution in [0.15, 0.2) is 72.8 Å². The quantitative estimate of drug-likeness (QED) is 0.216. The number of aliphatic hydroxyl groups is 1. The summed E-state index contributed by atoms with van der Waals surface area (Å²) in [6.07, 6.45) is -7.41. The Morgan fingerprint density at radius 3 is 1.66 bits per heavy atom. The van der Waals surface area contributed by atoms with E-state index in [1.165, 1.54) is 32.9 Å². The zero-order valence-electron chi connectivity index (χ0n) is 32.6. The van der Waals surface area contributed by atoms with Crippen LogP contribution < -0.4 is 0 Å². The molecule has 7 rings (SSSR count). The van der Waals surface area contributed by atoms with E-state index in [0.717, 1.165) is 20.8 Å². The molecule has 2 bridgehead atoms. The van der Waals surface area contributed by atoms with Crippen LogP contribution in [0.25, 0.3) is 0 Å². The Labute approximate surface area is 324 Å². The van der Waals surface area contributed by atoms with E-state index in [4.69, 9.17) is 33.2 Å². The van der Waals surface area contributed by atoms with Crippen LogP contribution in [-0.2, 0) is 52.3 Å². The Hall–Kier alpha value is -5.08. The Balaban J connectivity index is 1.65. The number of benzene rings is 2. The van der Waals surface area contributed by atoms with E-state index in [1.807, 2.05) is 0 Å². The third-order valence-corrected chi connectivity index (χ3v) is 12.1. The molecular weight excluding hydrogens is 728 g/mol. The second-order valence-electron chi connectivity index (χ2n) is 15.7. The molecule has 2 saturated heterocycles. The first kappa shape index (κ1) is 40.6. The molecule has 5 fully saturated rings. The molecule has 3 saturated carbocycles.